The molecule has 0 unspecified atom stereocenters. The molecule has 5 nitrogen and oxygen atoms in total. The summed E-state index contributed by atoms with van der Waals surface area (Å²) in [5.74, 6) is 0.240. The molecule has 0 fully saturated rings. The van der Waals surface area contributed by atoms with Crippen LogP contribution in [-0.2, 0) is 0 Å². The van der Waals surface area contributed by atoms with Crippen LogP contribution in [0.3, 0.4) is 0 Å². The molecule has 0 aliphatic rings. The summed E-state index contributed by atoms with van der Waals surface area (Å²) in [5.41, 5.74) is 6.52. The maximum Gasteiger partial charge on any atom is 0.140 e. The largest absolute Gasteiger partial charge is 0.409 e. The molecule has 1 aromatic heterocycles. The summed E-state index contributed by atoms with van der Waals surface area (Å²) in [6.45, 7) is 2.74. The van der Waals surface area contributed by atoms with Crippen molar-refractivity contribution >= 4 is 5.84 Å². The van der Waals surface area contributed by atoms with Crippen LogP contribution in [0.1, 0.15) is 24.9 Å². The van der Waals surface area contributed by atoms with Crippen LogP contribution >= 0.6 is 0 Å². The van der Waals surface area contributed by atoms with Gasteiger partial charge in [-0.05, 0) is 24.6 Å². The minimum Gasteiger partial charge on any atom is -0.409 e. The Kier molecular flexibility index (Phi) is 4.56. The lowest BCUT2D eigenvalue weighted by molar-refractivity contribution is 0.316. The van der Waals surface area contributed by atoms with Gasteiger partial charge in [-0.15, -0.1) is 0 Å². The van der Waals surface area contributed by atoms with Crippen molar-refractivity contribution in [2.24, 2.45) is 10.9 Å². The minimum absolute atomic E-state index is 0.236. The normalized spacial score (nSPS) is 13.8. The Bertz CT molecular complexity index is 312. The van der Waals surface area contributed by atoms with Crippen molar-refractivity contribution in [2.45, 2.75) is 19.4 Å². The van der Waals surface area contributed by atoms with Crippen LogP contribution in [0.5, 0.6) is 0 Å². The number of amidine groups is 1. The lowest BCUT2D eigenvalue weighted by Gasteiger charge is -2.13. The fourth-order valence-corrected chi connectivity index (χ4v) is 1.24. The number of oxime groups is 1. The number of nitrogens with two attached hydrogens (primary N) is 1. The van der Waals surface area contributed by atoms with Crippen LogP contribution in [0.2, 0.25) is 0 Å². The van der Waals surface area contributed by atoms with E-state index in [9.17, 15) is 0 Å². The van der Waals surface area contributed by atoms with Gasteiger partial charge in [0.15, 0.2) is 0 Å². The van der Waals surface area contributed by atoms with E-state index >= 15 is 0 Å². The van der Waals surface area contributed by atoms with Gasteiger partial charge in [0.2, 0.25) is 0 Å². The topological polar surface area (TPSA) is 83.5 Å². The second-order valence-electron chi connectivity index (χ2n) is 3.30. The average molecular weight is 208 g/mol. The summed E-state index contributed by atoms with van der Waals surface area (Å²) in [6.07, 6.45) is 4.06. The molecule has 1 heterocycles. The lowest BCUT2D eigenvalue weighted by atomic mass is 10.1. The first-order valence-electron chi connectivity index (χ1n) is 4.83. The summed E-state index contributed by atoms with van der Waals surface area (Å²) in [6, 6.07) is 4.15. The first-order chi connectivity index (χ1) is 7.24. The molecule has 82 valence electrons. The number of nitrogens with zero attached hydrogens (tertiary/aromatic N) is 2. The van der Waals surface area contributed by atoms with Gasteiger partial charge in [-0.2, -0.15) is 0 Å². The zero-order valence-corrected chi connectivity index (χ0v) is 8.72. The Morgan fingerprint density at radius 1 is 1.60 bits per heavy atom. The second kappa shape index (κ2) is 5.98. The summed E-state index contributed by atoms with van der Waals surface area (Å²) in [7, 11) is 0. The summed E-state index contributed by atoms with van der Waals surface area (Å²) >= 11 is 0. The highest BCUT2D eigenvalue weighted by Gasteiger charge is 2.03. The highest BCUT2D eigenvalue weighted by molar-refractivity contribution is 5.79. The molecule has 15 heavy (non-hydrogen) atoms. The summed E-state index contributed by atoms with van der Waals surface area (Å²) < 4.78 is 0. The van der Waals surface area contributed by atoms with E-state index in [-0.39, 0.29) is 11.9 Å². The van der Waals surface area contributed by atoms with E-state index in [2.05, 4.69) is 22.4 Å². The van der Waals surface area contributed by atoms with Crippen LogP contribution in [0.4, 0.5) is 0 Å². The monoisotopic (exact) mass is 208 g/mol. The van der Waals surface area contributed by atoms with E-state index in [1.165, 1.54) is 5.56 Å². The van der Waals surface area contributed by atoms with Gasteiger partial charge in [-0.1, -0.05) is 5.16 Å². The molecule has 4 N–H and O–H groups in total. The zero-order chi connectivity index (χ0) is 11.1. The number of hydrogen-bond acceptors (Lipinski definition) is 4. The van der Waals surface area contributed by atoms with E-state index in [1.54, 1.807) is 12.4 Å². The van der Waals surface area contributed by atoms with Gasteiger partial charge in [0, 0.05) is 31.4 Å². The molecule has 1 atom stereocenters. The van der Waals surface area contributed by atoms with Gasteiger partial charge in [-0.3, -0.25) is 4.98 Å². The fourth-order valence-electron chi connectivity index (χ4n) is 1.24. The molecule has 0 saturated carbocycles. The highest BCUT2D eigenvalue weighted by Crippen LogP contribution is 2.09. The van der Waals surface area contributed by atoms with Crippen molar-refractivity contribution in [2.75, 3.05) is 6.54 Å². The van der Waals surface area contributed by atoms with E-state index in [0.29, 0.717) is 13.0 Å². The Morgan fingerprint density at radius 2 is 2.27 bits per heavy atom. The summed E-state index contributed by atoms with van der Waals surface area (Å²) in [4.78, 5) is 3.95. The molecular formula is C10H16N4O. The highest BCUT2D eigenvalue weighted by atomic mass is 16.4. The Morgan fingerprint density at radius 3 is 2.87 bits per heavy atom. The first-order valence-corrected chi connectivity index (χ1v) is 4.83. The molecule has 5 heteroatoms. The molecule has 0 radical (unpaired) electrons. The Hall–Kier alpha value is -1.62. The maximum atomic E-state index is 8.34. The molecular weight excluding hydrogens is 192 g/mol. The molecule has 0 aliphatic carbocycles. The third-order valence-electron chi connectivity index (χ3n) is 2.17. The number of pyridine rings is 1. The lowest BCUT2D eigenvalue weighted by Crippen LogP contribution is -2.24. The van der Waals surface area contributed by atoms with Crippen LogP contribution < -0.4 is 11.1 Å². The SMILES string of the molecule is C[C@@H](NCC/C(N)=N/O)c1ccncc1. The van der Waals surface area contributed by atoms with E-state index < -0.39 is 0 Å². The molecule has 0 saturated heterocycles. The minimum atomic E-state index is 0.236. The number of aromatic nitrogens is 1. The first kappa shape index (κ1) is 11.5. The smallest absolute Gasteiger partial charge is 0.140 e. The van der Waals surface area contributed by atoms with Crippen LogP contribution in [0, 0.1) is 0 Å². The molecule has 0 aromatic carbocycles. The van der Waals surface area contributed by atoms with Crippen molar-refractivity contribution in [3.63, 3.8) is 0 Å². The van der Waals surface area contributed by atoms with Crippen LogP contribution in [0.15, 0.2) is 29.7 Å². The van der Waals surface area contributed by atoms with Crippen LogP contribution in [0.25, 0.3) is 0 Å². The second-order valence-corrected chi connectivity index (χ2v) is 3.30. The van der Waals surface area contributed by atoms with Crippen molar-refractivity contribution in [3.8, 4) is 0 Å². The molecule has 1 aromatic rings. The zero-order valence-electron chi connectivity index (χ0n) is 8.72. The third kappa shape index (κ3) is 3.95. The number of rotatable bonds is 5. The molecule has 1 rings (SSSR count). The van der Waals surface area contributed by atoms with E-state index in [4.69, 9.17) is 10.9 Å². The maximum absolute atomic E-state index is 8.34. The Balaban J connectivity index is 2.34. The molecule has 0 spiro atoms. The number of nitrogens with one attached hydrogen (secondary N) is 1. The molecule has 0 aliphatic heterocycles. The van der Waals surface area contributed by atoms with Crippen molar-refractivity contribution in [1.82, 2.24) is 10.3 Å². The summed E-state index contributed by atoms with van der Waals surface area (Å²) in [5, 5.41) is 14.5. The van der Waals surface area contributed by atoms with Gasteiger partial charge >= 0.3 is 0 Å². The molecule has 0 bridgehead atoms. The van der Waals surface area contributed by atoms with Crippen LogP contribution in [-0.4, -0.2) is 22.6 Å². The van der Waals surface area contributed by atoms with E-state index in [1.807, 2.05) is 12.1 Å². The average Bonchev–Trinajstić information content (AvgIpc) is 2.29. The quantitative estimate of drug-likeness (QED) is 0.290. The fraction of sp³-hybridized carbons (Fsp3) is 0.400. The Labute approximate surface area is 89.0 Å². The van der Waals surface area contributed by atoms with E-state index in [0.717, 1.165) is 0 Å². The predicted molar refractivity (Wildman–Crippen MR) is 58.7 cm³/mol. The van der Waals surface area contributed by atoms with Gasteiger partial charge in [-0.25, -0.2) is 0 Å². The van der Waals surface area contributed by atoms with Crippen molar-refractivity contribution in [3.05, 3.63) is 30.1 Å². The van der Waals surface area contributed by atoms with Gasteiger partial charge in [0.05, 0.1) is 0 Å². The van der Waals surface area contributed by atoms with Crippen molar-refractivity contribution in [1.29, 1.82) is 0 Å². The molecule has 0 amide bonds. The number of hydrogen-bond donors (Lipinski definition) is 3. The standard InChI is InChI=1S/C10H16N4O/c1-8(9-2-5-12-6-3-9)13-7-4-10(11)14-15/h2-3,5-6,8,13,15H,4,7H2,1H3,(H2,11,14)/t8-/m1/s1. The third-order valence-corrected chi connectivity index (χ3v) is 2.17. The predicted octanol–water partition coefficient (Wildman–Crippen LogP) is 0.869. The van der Waals surface area contributed by atoms with Gasteiger partial charge in [0.25, 0.3) is 0 Å². The van der Waals surface area contributed by atoms with Gasteiger partial charge in [0.1, 0.15) is 5.84 Å². The van der Waals surface area contributed by atoms with Gasteiger partial charge < -0.3 is 16.3 Å². The van der Waals surface area contributed by atoms with Crippen molar-refractivity contribution < 1.29 is 5.21 Å².